The molecule has 0 saturated heterocycles. The van der Waals surface area contributed by atoms with E-state index in [9.17, 15) is 0 Å². The lowest BCUT2D eigenvalue weighted by Crippen LogP contribution is -2.51. The zero-order valence-corrected chi connectivity index (χ0v) is 13.7. The molecule has 7 atom stereocenters. The Hall–Kier alpha value is 0. The van der Waals surface area contributed by atoms with Gasteiger partial charge >= 0.3 is 0 Å². The van der Waals surface area contributed by atoms with Gasteiger partial charge < -0.3 is 0 Å². The first-order chi connectivity index (χ1) is 9.74. The summed E-state index contributed by atoms with van der Waals surface area (Å²) < 4.78 is 0. The van der Waals surface area contributed by atoms with Crippen LogP contribution in [-0.2, 0) is 0 Å². The van der Waals surface area contributed by atoms with Crippen LogP contribution in [0.4, 0.5) is 0 Å². The molecule has 20 heavy (non-hydrogen) atoms. The smallest absolute Gasteiger partial charge is 0.0321 e. The van der Waals surface area contributed by atoms with E-state index in [0.717, 1.165) is 35.5 Å². The zero-order chi connectivity index (χ0) is 13.7. The van der Waals surface area contributed by atoms with Crippen LogP contribution in [0.15, 0.2) is 0 Å². The maximum atomic E-state index is 2.45. The summed E-state index contributed by atoms with van der Waals surface area (Å²) in [4.78, 5) is 0. The van der Waals surface area contributed by atoms with Gasteiger partial charge in [-0.25, -0.2) is 0 Å². The Morgan fingerprint density at radius 3 is 2.00 bits per heavy atom. The van der Waals surface area contributed by atoms with E-state index in [4.69, 9.17) is 0 Å². The van der Waals surface area contributed by atoms with Gasteiger partial charge in [-0.05, 0) is 92.3 Å². The molecule has 4 saturated carbocycles. The third-order valence-electron chi connectivity index (χ3n) is 7.79. The zero-order valence-electron chi connectivity index (χ0n) is 13.7. The number of rotatable bonds is 2. The molecule has 0 radical (unpaired) electrons. The topological polar surface area (TPSA) is 0 Å². The van der Waals surface area contributed by atoms with Crippen LogP contribution >= 0.6 is 0 Å². The highest BCUT2D eigenvalue weighted by Crippen LogP contribution is 2.61. The SMILES string of the molecule is CC(C)CC1CCC2CCC3CCCC4CCC1C2C34. The maximum absolute atomic E-state index is 2.45. The highest BCUT2D eigenvalue weighted by Gasteiger charge is 2.53. The lowest BCUT2D eigenvalue weighted by molar-refractivity contribution is -0.0991. The lowest BCUT2D eigenvalue weighted by Gasteiger charge is -2.59. The molecule has 0 bridgehead atoms. The summed E-state index contributed by atoms with van der Waals surface area (Å²) >= 11 is 0. The number of hydrogen-bond donors (Lipinski definition) is 0. The Bertz CT molecular complexity index is 338. The average Bonchev–Trinajstić information content (AvgIpc) is 2.46. The van der Waals surface area contributed by atoms with Crippen molar-refractivity contribution >= 4 is 0 Å². The summed E-state index contributed by atoms with van der Waals surface area (Å²) in [6, 6.07) is 0. The molecule has 0 spiro atoms. The van der Waals surface area contributed by atoms with E-state index >= 15 is 0 Å². The molecule has 0 N–H and O–H groups in total. The van der Waals surface area contributed by atoms with Crippen LogP contribution in [0.25, 0.3) is 0 Å². The van der Waals surface area contributed by atoms with E-state index in [0.29, 0.717) is 0 Å². The van der Waals surface area contributed by atoms with Gasteiger partial charge in [-0.1, -0.05) is 33.1 Å². The number of hydrogen-bond acceptors (Lipinski definition) is 0. The van der Waals surface area contributed by atoms with E-state index < -0.39 is 0 Å². The Balaban J connectivity index is 1.59. The second-order valence-corrected chi connectivity index (χ2v) is 9.15. The molecule has 0 aromatic carbocycles. The molecule has 114 valence electrons. The van der Waals surface area contributed by atoms with Gasteiger partial charge in [0.05, 0.1) is 0 Å². The monoisotopic (exact) mass is 274 g/mol. The minimum Gasteiger partial charge on any atom is -0.0628 e. The Kier molecular flexibility index (Phi) is 3.63. The van der Waals surface area contributed by atoms with Crippen molar-refractivity contribution in [2.75, 3.05) is 0 Å². The van der Waals surface area contributed by atoms with Gasteiger partial charge in [-0.2, -0.15) is 0 Å². The van der Waals surface area contributed by atoms with Gasteiger partial charge in [0, 0.05) is 0 Å². The summed E-state index contributed by atoms with van der Waals surface area (Å²) in [5, 5.41) is 0. The van der Waals surface area contributed by atoms with Crippen molar-refractivity contribution in [3.63, 3.8) is 0 Å². The second kappa shape index (κ2) is 5.33. The molecule has 0 aliphatic heterocycles. The van der Waals surface area contributed by atoms with Crippen molar-refractivity contribution in [3.05, 3.63) is 0 Å². The second-order valence-electron chi connectivity index (χ2n) is 9.15. The van der Waals surface area contributed by atoms with Gasteiger partial charge in [0.25, 0.3) is 0 Å². The first-order valence-corrected chi connectivity index (χ1v) is 9.74. The van der Waals surface area contributed by atoms with Gasteiger partial charge in [-0.3, -0.25) is 0 Å². The molecule has 4 rings (SSSR count). The third kappa shape index (κ3) is 2.17. The van der Waals surface area contributed by atoms with Crippen LogP contribution < -0.4 is 0 Å². The van der Waals surface area contributed by atoms with Crippen molar-refractivity contribution in [1.29, 1.82) is 0 Å². The predicted molar refractivity (Wildman–Crippen MR) is 85.4 cm³/mol. The largest absolute Gasteiger partial charge is 0.0628 e. The third-order valence-corrected chi connectivity index (χ3v) is 7.79. The van der Waals surface area contributed by atoms with E-state index in [2.05, 4.69) is 13.8 Å². The van der Waals surface area contributed by atoms with Crippen molar-refractivity contribution in [2.45, 2.75) is 78.1 Å². The minimum atomic E-state index is 0.917. The fourth-order valence-electron chi connectivity index (χ4n) is 7.31. The lowest BCUT2D eigenvalue weighted by atomic mass is 9.46. The molecule has 4 aliphatic rings. The van der Waals surface area contributed by atoms with E-state index in [-0.39, 0.29) is 0 Å². The maximum Gasteiger partial charge on any atom is -0.0321 e. The fraction of sp³-hybridized carbons (Fsp3) is 1.00. The van der Waals surface area contributed by atoms with Crippen LogP contribution in [0.1, 0.15) is 78.1 Å². The fourth-order valence-corrected chi connectivity index (χ4v) is 7.31. The van der Waals surface area contributed by atoms with Crippen LogP contribution in [0, 0.1) is 47.3 Å². The molecule has 0 aromatic heterocycles. The Morgan fingerprint density at radius 1 is 0.700 bits per heavy atom. The molecule has 0 nitrogen and oxygen atoms in total. The molecular formula is C20H34. The van der Waals surface area contributed by atoms with Gasteiger partial charge in [-0.15, -0.1) is 0 Å². The molecule has 4 aliphatic carbocycles. The molecule has 0 heterocycles. The van der Waals surface area contributed by atoms with Crippen LogP contribution in [0.2, 0.25) is 0 Å². The Labute approximate surface area is 126 Å². The van der Waals surface area contributed by atoms with Crippen molar-refractivity contribution in [1.82, 2.24) is 0 Å². The summed E-state index contributed by atoms with van der Waals surface area (Å²) in [6.45, 7) is 4.89. The quantitative estimate of drug-likeness (QED) is 0.587. The van der Waals surface area contributed by atoms with Crippen LogP contribution in [0.5, 0.6) is 0 Å². The van der Waals surface area contributed by atoms with E-state index in [1.807, 2.05) is 0 Å². The first kappa shape index (κ1) is 13.6. The molecule has 7 unspecified atom stereocenters. The Morgan fingerprint density at radius 2 is 1.30 bits per heavy atom. The average molecular weight is 274 g/mol. The van der Waals surface area contributed by atoms with Gasteiger partial charge in [0.2, 0.25) is 0 Å². The summed E-state index contributed by atoms with van der Waals surface area (Å²) in [5.41, 5.74) is 0. The van der Waals surface area contributed by atoms with Crippen molar-refractivity contribution in [2.24, 2.45) is 47.3 Å². The highest BCUT2D eigenvalue weighted by atomic mass is 14.6. The van der Waals surface area contributed by atoms with E-state index in [1.54, 1.807) is 57.8 Å². The van der Waals surface area contributed by atoms with E-state index in [1.165, 1.54) is 18.3 Å². The normalized spacial score (nSPS) is 50.9. The molecule has 4 fully saturated rings. The standard InChI is InChI=1S/C20H34/c1-13(2)12-17-9-8-16-7-6-14-4-3-5-15-10-11-18(17)20(16)19(14)15/h13-20H,3-12H2,1-2H3. The summed E-state index contributed by atoms with van der Waals surface area (Å²) in [6.07, 6.45) is 15.8. The molecule has 0 amide bonds. The first-order valence-electron chi connectivity index (χ1n) is 9.74. The van der Waals surface area contributed by atoms with Crippen LogP contribution in [-0.4, -0.2) is 0 Å². The molecule has 0 aromatic rings. The molecular weight excluding hydrogens is 240 g/mol. The highest BCUT2D eigenvalue weighted by molar-refractivity contribution is 5.02. The minimum absolute atomic E-state index is 0.917. The predicted octanol–water partition coefficient (Wildman–Crippen LogP) is 5.91. The van der Waals surface area contributed by atoms with Crippen molar-refractivity contribution in [3.8, 4) is 0 Å². The van der Waals surface area contributed by atoms with Crippen LogP contribution in [0.3, 0.4) is 0 Å². The van der Waals surface area contributed by atoms with Gasteiger partial charge in [0.15, 0.2) is 0 Å². The van der Waals surface area contributed by atoms with Gasteiger partial charge in [0.1, 0.15) is 0 Å². The molecule has 0 heteroatoms. The van der Waals surface area contributed by atoms with Crippen molar-refractivity contribution < 1.29 is 0 Å². The summed E-state index contributed by atoms with van der Waals surface area (Å²) in [5.74, 6) is 8.94. The summed E-state index contributed by atoms with van der Waals surface area (Å²) in [7, 11) is 0.